The average molecular weight is 705 g/mol. The highest BCUT2D eigenvalue weighted by Gasteiger charge is 2.45. The van der Waals surface area contributed by atoms with E-state index in [4.69, 9.17) is 37.4 Å². The van der Waals surface area contributed by atoms with Gasteiger partial charge in [-0.2, -0.15) is 5.10 Å². The maximum atomic E-state index is 12.8. The highest BCUT2D eigenvalue weighted by molar-refractivity contribution is 6.35. The number of ether oxygens (including phenoxy) is 3. The van der Waals surface area contributed by atoms with Crippen LogP contribution in [0.5, 0.6) is 5.75 Å². The van der Waals surface area contributed by atoms with E-state index in [1.807, 2.05) is 54.9 Å². The number of rotatable bonds is 11. The van der Waals surface area contributed by atoms with E-state index in [1.54, 1.807) is 40.2 Å². The molecule has 3 atom stereocenters. The van der Waals surface area contributed by atoms with Crippen molar-refractivity contribution < 1.29 is 14.2 Å². The summed E-state index contributed by atoms with van der Waals surface area (Å²) in [5.74, 6) is -0.335. The summed E-state index contributed by atoms with van der Waals surface area (Å²) in [6.45, 7) is 8.66. The fourth-order valence-electron chi connectivity index (χ4n) is 6.33. The van der Waals surface area contributed by atoms with Gasteiger partial charge in [0.25, 0.3) is 0 Å². The van der Waals surface area contributed by atoms with Gasteiger partial charge in [0, 0.05) is 60.5 Å². The summed E-state index contributed by atoms with van der Waals surface area (Å²) in [7, 11) is 0. The van der Waals surface area contributed by atoms with Crippen LogP contribution in [-0.4, -0.2) is 69.4 Å². The zero-order valence-electron chi connectivity index (χ0n) is 27.5. The van der Waals surface area contributed by atoms with Gasteiger partial charge in [-0.15, -0.1) is 0 Å². The molecule has 7 rings (SSSR count). The van der Waals surface area contributed by atoms with Gasteiger partial charge in [0.15, 0.2) is 0 Å². The Morgan fingerprint density at radius 2 is 1.61 bits per heavy atom. The number of aromatic nitrogens is 5. The SMILES string of the molecule is CCC(C)n1ncn(-c2ccc(N3CCN(c4ccc(OC[C@@H]5CO[C@@](Cn6ccnc6)(c6ccc(Cl)cc6Cl)O5)cc4)CC3)cc2)c1=O. The lowest BCUT2D eigenvalue weighted by molar-refractivity contribution is -0.189. The minimum atomic E-state index is -1.10. The molecule has 2 aliphatic heterocycles. The smallest absolute Gasteiger partial charge is 0.350 e. The molecule has 2 fully saturated rings. The molecular formula is C36H39Cl2N7O4. The summed E-state index contributed by atoms with van der Waals surface area (Å²) >= 11 is 12.8. The first-order chi connectivity index (χ1) is 23.8. The Balaban J connectivity index is 0.925. The number of hydrogen-bond acceptors (Lipinski definition) is 8. The lowest BCUT2D eigenvalue weighted by atomic mass is 10.1. The Kier molecular flexibility index (Phi) is 9.68. The van der Waals surface area contributed by atoms with Gasteiger partial charge in [0.1, 0.15) is 24.8 Å². The van der Waals surface area contributed by atoms with Gasteiger partial charge in [0.2, 0.25) is 5.79 Å². The average Bonchev–Trinajstić information content (AvgIpc) is 3.88. The number of benzene rings is 3. The Labute approximate surface area is 295 Å². The van der Waals surface area contributed by atoms with Crippen LogP contribution in [0.15, 0.2) is 96.6 Å². The van der Waals surface area contributed by atoms with Crippen molar-refractivity contribution in [1.29, 1.82) is 0 Å². The molecule has 2 aliphatic rings. The summed E-state index contributed by atoms with van der Waals surface area (Å²) < 4.78 is 24.0. The summed E-state index contributed by atoms with van der Waals surface area (Å²) in [4.78, 5) is 21.7. The van der Waals surface area contributed by atoms with Gasteiger partial charge < -0.3 is 28.6 Å². The molecule has 0 amide bonds. The van der Waals surface area contributed by atoms with Crippen LogP contribution in [0.2, 0.25) is 10.0 Å². The monoisotopic (exact) mass is 703 g/mol. The topological polar surface area (TPSA) is 91.8 Å². The summed E-state index contributed by atoms with van der Waals surface area (Å²) in [5, 5.41) is 5.32. The fourth-order valence-corrected chi connectivity index (χ4v) is 6.89. The highest BCUT2D eigenvalue weighted by atomic mass is 35.5. The Morgan fingerprint density at radius 3 is 2.24 bits per heavy atom. The maximum Gasteiger partial charge on any atom is 0.350 e. The summed E-state index contributed by atoms with van der Waals surface area (Å²) in [6, 6.07) is 21.7. The van der Waals surface area contributed by atoms with E-state index >= 15 is 0 Å². The number of halogens is 2. The molecule has 0 spiro atoms. The molecule has 13 heteroatoms. The number of anilines is 2. The first-order valence-electron chi connectivity index (χ1n) is 16.5. The lowest BCUT2D eigenvalue weighted by Gasteiger charge is -2.37. The van der Waals surface area contributed by atoms with E-state index in [-0.39, 0.29) is 17.8 Å². The van der Waals surface area contributed by atoms with E-state index in [9.17, 15) is 4.79 Å². The minimum absolute atomic E-state index is 0.0662. The molecule has 2 aromatic heterocycles. The van der Waals surface area contributed by atoms with Crippen molar-refractivity contribution in [3.8, 4) is 11.4 Å². The molecule has 49 heavy (non-hydrogen) atoms. The third kappa shape index (κ3) is 7.07. The molecule has 11 nitrogen and oxygen atoms in total. The standard InChI is InChI=1S/C36H39Cl2N7O4/c1-3-26(2)45-35(46)44(25-40-45)30-7-5-28(6-8-30)42-16-18-43(19-17-42)29-9-11-31(12-10-29)47-21-32-22-48-36(49-32,23-41-15-14-39-24-41)33-13-4-27(37)20-34(33)38/h4-15,20,24-26,32H,3,16-19,21-23H2,1-2H3/t26?,32-,36-/m1/s1. The second-order valence-electron chi connectivity index (χ2n) is 12.4. The molecular weight excluding hydrogens is 665 g/mol. The van der Waals surface area contributed by atoms with Crippen molar-refractivity contribution in [2.45, 2.75) is 44.7 Å². The number of nitrogens with zero attached hydrogens (tertiary/aromatic N) is 7. The van der Waals surface area contributed by atoms with Crippen LogP contribution < -0.4 is 20.2 Å². The van der Waals surface area contributed by atoms with E-state index in [0.717, 1.165) is 55.4 Å². The first-order valence-corrected chi connectivity index (χ1v) is 17.3. The third-order valence-corrected chi connectivity index (χ3v) is 9.81. The van der Waals surface area contributed by atoms with E-state index in [1.165, 1.54) is 0 Å². The van der Waals surface area contributed by atoms with Crippen LogP contribution in [-0.2, 0) is 21.8 Å². The van der Waals surface area contributed by atoms with Crippen molar-refractivity contribution in [2.24, 2.45) is 0 Å². The number of imidazole rings is 1. The van der Waals surface area contributed by atoms with Gasteiger partial charge in [-0.05, 0) is 74.0 Å². The highest BCUT2D eigenvalue weighted by Crippen LogP contribution is 2.40. The normalized spacial score (nSPS) is 20.1. The third-order valence-electron chi connectivity index (χ3n) is 9.26. The Bertz CT molecular complexity index is 1910. The molecule has 256 valence electrons. The second kappa shape index (κ2) is 14.3. The molecule has 0 bridgehead atoms. The zero-order chi connectivity index (χ0) is 34.0. The summed E-state index contributed by atoms with van der Waals surface area (Å²) in [6.07, 6.45) is 7.44. The molecule has 5 aromatic rings. The molecule has 4 heterocycles. The predicted molar refractivity (Wildman–Crippen MR) is 190 cm³/mol. The van der Waals surface area contributed by atoms with Crippen LogP contribution in [0.1, 0.15) is 31.9 Å². The van der Waals surface area contributed by atoms with Crippen molar-refractivity contribution in [3.63, 3.8) is 0 Å². The lowest BCUT2D eigenvalue weighted by Crippen LogP contribution is -2.46. The molecule has 0 saturated carbocycles. The van der Waals surface area contributed by atoms with Gasteiger partial charge in [-0.25, -0.2) is 19.0 Å². The van der Waals surface area contributed by atoms with Gasteiger partial charge in [-0.1, -0.05) is 36.2 Å². The van der Waals surface area contributed by atoms with Crippen molar-refractivity contribution >= 4 is 34.6 Å². The molecule has 3 aromatic carbocycles. The van der Waals surface area contributed by atoms with Gasteiger partial charge in [-0.3, -0.25) is 0 Å². The van der Waals surface area contributed by atoms with Crippen molar-refractivity contribution in [2.75, 3.05) is 49.2 Å². The fraction of sp³-hybridized carbons (Fsp3) is 0.361. The molecule has 0 radical (unpaired) electrons. The van der Waals surface area contributed by atoms with Gasteiger partial charge in [0.05, 0.1) is 36.2 Å². The van der Waals surface area contributed by atoms with Gasteiger partial charge >= 0.3 is 5.69 Å². The van der Waals surface area contributed by atoms with Crippen LogP contribution in [0.3, 0.4) is 0 Å². The van der Waals surface area contributed by atoms with E-state index in [0.29, 0.717) is 35.4 Å². The maximum absolute atomic E-state index is 12.8. The van der Waals surface area contributed by atoms with Crippen LogP contribution >= 0.6 is 23.2 Å². The van der Waals surface area contributed by atoms with Crippen molar-refractivity contribution in [3.05, 3.63) is 118 Å². The quantitative estimate of drug-likeness (QED) is 0.161. The Hall–Kier alpha value is -4.29. The molecule has 2 saturated heterocycles. The van der Waals surface area contributed by atoms with E-state index < -0.39 is 5.79 Å². The molecule has 0 N–H and O–H groups in total. The van der Waals surface area contributed by atoms with Crippen LogP contribution in [0.4, 0.5) is 11.4 Å². The first kappa shape index (κ1) is 33.2. The number of piperazine rings is 1. The van der Waals surface area contributed by atoms with Crippen molar-refractivity contribution in [1.82, 2.24) is 23.9 Å². The number of hydrogen-bond donors (Lipinski definition) is 0. The predicted octanol–water partition coefficient (Wildman–Crippen LogP) is 6.18. The van der Waals surface area contributed by atoms with E-state index in [2.05, 4.69) is 44.1 Å². The summed E-state index contributed by atoms with van der Waals surface area (Å²) in [5.41, 5.74) is 3.70. The Morgan fingerprint density at radius 1 is 0.939 bits per heavy atom. The van der Waals surface area contributed by atoms with Crippen LogP contribution in [0, 0.1) is 0 Å². The minimum Gasteiger partial charge on any atom is -0.491 e. The zero-order valence-corrected chi connectivity index (χ0v) is 29.0. The largest absolute Gasteiger partial charge is 0.491 e. The molecule has 0 aliphatic carbocycles. The molecule has 1 unspecified atom stereocenters. The van der Waals surface area contributed by atoms with Crippen LogP contribution in [0.25, 0.3) is 5.69 Å². The second-order valence-corrected chi connectivity index (χ2v) is 13.3.